The molecule has 2 rings (SSSR count). The Morgan fingerprint density at radius 2 is 2.20 bits per heavy atom. The lowest BCUT2D eigenvalue weighted by Gasteiger charge is -2.10. The normalized spacial score (nSPS) is 11.1. The maximum Gasteiger partial charge on any atom is 0.263 e. The summed E-state index contributed by atoms with van der Waals surface area (Å²) in [6.45, 7) is 3.59. The van der Waals surface area contributed by atoms with Crippen LogP contribution in [0.1, 0.15) is 23.6 Å². The number of nitrogens with zero attached hydrogens (tertiary/aromatic N) is 2. The van der Waals surface area contributed by atoms with Crippen molar-refractivity contribution in [2.75, 3.05) is 4.72 Å². The van der Waals surface area contributed by atoms with Crippen LogP contribution in [0.25, 0.3) is 0 Å². The van der Waals surface area contributed by atoms with E-state index >= 15 is 0 Å². The molecule has 0 amide bonds. The predicted molar refractivity (Wildman–Crippen MR) is 74.7 cm³/mol. The van der Waals surface area contributed by atoms with Gasteiger partial charge in [0.1, 0.15) is 5.82 Å². The van der Waals surface area contributed by atoms with Crippen LogP contribution in [0.2, 0.25) is 0 Å². The molecule has 0 unspecified atom stereocenters. The summed E-state index contributed by atoms with van der Waals surface area (Å²) >= 11 is 0. The van der Waals surface area contributed by atoms with Gasteiger partial charge in [0.2, 0.25) is 0 Å². The minimum Gasteiger partial charge on any atom is -0.263 e. The van der Waals surface area contributed by atoms with Crippen molar-refractivity contribution < 1.29 is 8.42 Å². The van der Waals surface area contributed by atoms with Crippen molar-refractivity contribution in [1.29, 1.82) is 5.26 Å². The Kier molecular flexibility index (Phi) is 3.77. The summed E-state index contributed by atoms with van der Waals surface area (Å²) in [7, 11) is -3.75. The first-order valence-electron chi connectivity index (χ1n) is 6.03. The number of rotatable bonds is 4. The molecule has 2 aromatic rings. The Labute approximate surface area is 117 Å². The summed E-state index contributed by atoms with van der Waals surface area (Å²) in [5.41, 5.74) is 1.66. The average molecular weight is 290 g/mol. The first kappa shape index (κ1) is 14.1. The molecule has 1 aromatic carbocycles. The highest BCUT2D eigenvalue weighted by atomic mass is 32.2. The third kappa shape index (κ3) is 2.65. The Hall–Kier alpha value is -2.33. The second-order valence-corrected chi connectivity index (χ2v) is 5.97. The number of H-pyrrole nitrogens is 1. The van der Waals surface area contributed by atoms with Gasteiger partial charge in [-0.05, 0) is 31.0 Å². The van der Waals surface area contributed by atoms with E-state index in [1.54, 1.807) is 25.3 Å². The zero-order valence-corrected chi connectivity index (χ0v) is 12.0. The number of sulfonamides is 1. The van der Waals surface area contributed by atoms with E-state index in [-0.39, 0.29) is 4.90 Å². The number of nitriles is 1. The van der Waals surface area contributed by atoms with Gasteiger partial charge in [-0.15, -0.1) is 0 Å². The summed E-state index contributed by atoms with van der Waals surface area (Å²) in [6, 6.07) is 6.49. The smallest absolute Gasteiger partial charge is 0.263 e. The topological polar surface area (TPSA) is 98.6 Å². The highest BCUT2D eigenvalue weighted by Crippen LogP contribution is 2.21. The zero-order valence-electron chi connectivity index (χ0n) is 11.1. The van der Waals surface area contributed by atoms with E-state index in [0.717, 1.165) is 5.56 Å². The van der Waals surface area contributed by atoms with E-state index in [0.29, 0.717) is 23.4 Å². The van der Waals surface area contributed by atoms with Crippen molar-refractivity contribution in [2.24, 2.45) is 0 Å². The molecule has 0 aliphatic heterocycles. The fraction of sp³-hybridized carbons (Fsp3) is 0.231. The molecule has 6 nitrogen and oxygen atoms in total. The summed E-state index contributed by atoms with van der Waals surface area (Å²) in [6.07, 6.45) is 2.24. The Morgan fingerprint density at radius 3 is 2.85 bits per heavy atom. The molecule has 2 N–H and O–H groups in total. The molecule has 20 heavy (non-hydrogen) atoms. The SMILES string of the molecule is CCc1cn[nH]c1NS(=O)(=O)c1cc(C#N)ccc1C. The van der Waals surface area contributed by atoms with Crippen molar-refractivity contribution in [2.45, 2.75) is 25.2 Å². The molecule has 0 saturated carbocycles. The van der Waals surface area contributed by atoms with Gasteiger partial charge in [-0.1, -0.05) is 13.0 Å². The van der Waals surface area contributed by atoms with Crippen LogP contribution in [0.3, 0.4) is 0 Å². The van der Waals surface area contributed by atoms with Crippen LogP contribution in [0.5, 0.6) is 0 Å². The standard InChI is InChI=1S/C13H14N4O2S/c1-3-11-8-15-16-13(11)17-20(18,19)12-6-10(7-14)5-4-9(12)2/h4-6,8H,3H2,1-2H3,(H2,15,16,17). The van der Waals surface area contributed by atoms with Gasteiger partial charge in [-0.3, -0.25) is 9.82 Å². The fourth-order valence-electron chi connectivity index (χ4n) is 1.82. The van der Waals surface area contributed by atoms with Crippen LogP contribution in [0.15, 0.2) is 29.3 Å². The Bertz CT molecular complexity index is 772. The van der Waals surface area contributed by atoms with Crippen molar-refractivity contribution in [3.63, 3.8) is 0 Å². The zero-order chi connectivity index (χ0) is 14.8. The Morgan fingerprint density at radius 1 is 1.45 bits per heavy atom. The lowest BCUT2D eigenvalue weighted by atomic mass is 10.2. The molecule has 1 aromatic heterocycles. The highest BCUT2D eigenvalue weighted by Gasteiger charge is 2.19. The molecule has 0 saturated heterocycles. The van der Waals surface area contributed by atoms with E-state index in [2.05, 4.69) is 14.9 Å². The van der Waals surface area contributed by atoms with Crippen LogP contribution < -0.4 is 4.72 Å². The summed E-state index contributed by atoms with van der Waals surface area (Å²) < 4.78 is 27.2. The summed E-state index contributed by atoms with van der Waals surface area (Å²) in [5.74, 6) is 0.356. The molecule has 0 radical (unpaired) electrons. The molecule has 0 fully saturated rings. The van der Waals surface area contributed by atoms with Crippen LogP contribution in [0.4, 0.5) is 5.82 Å². The van der Waals surface area contributed by atoms with Gasteiger partial charge < -0.3 is 0 Å². The van der Waals surface area contributed by atoms with Crippen LogP contribution in [0, 0.1) is 18.3 Å². The molecular weight excluding hydrogens is 276 g/mol. The molecule has 104 valence electrons. The van der Waals surface area contributed by atoms with Gasteiger partial charge in [0.25, 0.3) is 10.0 Å². The summed E-state index contributed by atoms with van der Waals surface area (Å²) in [5, 5.41) is 15.3. The van der Waals surface area contributed by atoms with Gasteiger partial charge in [0.15, 0.2) is 0 Å². The molecule has 0 atom stereocenters. The second-order valence-electron chi connectivity index (χ2n) is 4.32. The molecule has 7 heteroatoms. The number of nitrogens with one attached hydrogen (secondary N) is 2. The number of hydrogen-bond acceptors (Lipinski definition) is 4. The lowest BCUT2D eigenvalue weighted by molar-refractivity contribution is 0.600. The maximum atomic E-state index is 12.4. The van der Waals surface area contributed by atoms with Crippen molar-refractivity contribution in [1.82, 2.24) is 10.2 Å². The van der Waals surface area contributed by atoms with Crippen molar-refractivity contribution in [3.8, 4) is 6.07 Å². The minimum absolute atomic E-state index is 0.0909. The second kappa shape index (κ2) is 5.35. The number of aromatic amines is 1. The van der Waals surface area contributed by atoms with E-state index < -0.39 is 10.0 Å². The third-order valence-corrected chi connectivity index (χ3v) is 4.43. The molecule has 0 aliphatic carbocycles. The van der Waals surface area contributed by atoms with Crippen LogP contribution in [-0.2, 0) is 16.4 Å². The van der Waals surface area contributed by atoms with Gasteiger partial charge in [-0.2, -0.15) is 10.4 Å². The molecule has 0 spiro atoms. The minimum atomic E-state index is -3.75. The van der Waals surface area contributed by atoms with Crippen molar-refractivity contribution in [3.05, 3.63) is 41.1 Å². The van der Waals surface area contributed by atoms with Gasteiger partial charge in [-0.25, -0.2) is 8.42 Å². The van der Waals surface area contributed by atoms with E-state index in [1.165, 1.54) is 6.07 Å². The number of hydrogen-bond donors (Lipinski definition) is 2. The lowest BCUT2D eigenvalue weighted by Crippen LogP contribution is -2.15. The first-order valence-corrected chi connectivity index (χ1v) is 7.52. The maximum absolute atomic E-state index is 12.4. The van der Waals surface area contributed by atoms with E-state index in [1.807, 2.05) is 13.0 Å². The van der Waals surface area contributed by atoms with Crippen LogP contribution in [-0.4, -0.2) is 18.6 Å². The highest BCUT2D eigenvalue weighted by molar-refractivity contribution is 7.92. The van der Waals surface area contributed by atoms with Crippen molar-refractivity contribution >= 4 is 15.8 Å². The third-order valence-electron chi connectivity index (χ3n) is 2.94. The predicted octanol–water partition coefficient (Wildman–Crippen LogP) is 1.95. The first-order chi connectivity index (χ1) is 9.47. The average Bonchev–Trinajstić information content (AvgIpc) is 2.85. The quantitative estimate of drug-likeness (QED) is 0.899. The Balaban J connectivity index is 2.44. The van der Waals surface area contributed by atoms with E-state index in [9.17, 15) is 8.42 Å². The van der Waals surface area contributed by atoms with E-state index in [4.69, 9.17) is 5.26 Å². The number of anilines is 1. The van der Waals surface area contributed by atoms with Gasteiger partial charge in [0, 0.05) is 5.56 Å². The molecule has 0 aliphatic rings. The number of benzene rings is 1. The van der Waals surface area contributed by atoms with Gasteiger partial charge in [0.05, 0.1) is 22.7 Å². The monoisotopic (exact) mass is 290 g/mol. The fourth-order valence-corrected chi connectivity index (χ4v) is 3.15. The molecule has 0 bridgehead atoms. The van der Waals surface area contributed by atoms with Crippen LogP contribution >= 0.6 is 0 Å². The molecular formula is C13H14N4O2S. The number of aromatic nitrogens is 2. The molecule has 1 heterocycles. The van der Waals surface area contributed by atoms with Gasteiger partial charge >= 0.3 is 0 Å². The summed E-state index contributed by atoms with van der Waals surface area (Å²) in [4.78, 5) is 0.0909. The number of aryl methyl sites for hydroxylation is 2. The largest absolute Gasteiger partial charge is 0.263 e.